The second kappa shape index (κ2) is 7.79. The van der Waals surface area contributed by atoms with Gasteiger partial charge in [0.25, 0.3) is 0 Å². The number of rotatable bonds is 6. The standard InChI is InChI=1S/C14H21N5O2S/c1-3-15-13(18-10(2)11-5-4-8-22-11)16-6-7-19-12(20)9-17-14(19)21/h4-5,8,10H,3,6-7,9H2,1-2H3,(H,17,21)(H2,15,16,18). The Morgan fingerprint density at radius 1 is 1.55 bits per heavy atom. The number of carbonyl (C=O) groups excluding carboxylic acids is 2. The predicted molar refractivity (Wildman–Crippen MR) is 87.0 cm³/mol. The maximum absolute atomic E-state index is 11.5. The molecule has 1 fully saturated rings. The molecule has 3 N–H and O–H groups in total. The van der Waals surface area contributed by atoms with Crippen LogP contribution in [0.5, 0.6) is 0 Å². The Morgan fingerprint density at radius 2 is 2.36 bits per heavy atom. The molecule has 1 aliphatic rings. The van der Waals surface area contributed by atoms with Crippen molar-refractivity contribution in [2.24, 2.45) is 4.99 Å². The Morgan fingerprint density at radius 3 is 2.95 bits per heavy atom. The molecule has 3 amide bonds. The van der Waals surface area contributed by atoms with Crippen LogP contribution in [-0.4, -0.2) is 49.0 Å². The molecule has 0 radical (unpaired) electrons. The minimum absolute atomic E-state index is 0.0796. The van der Waals surface area contributed by atoms with Crippen LogP contribution in [0.3, 0.4) is 0 Å². The summed E-state index contributed by atoms with van der Waals surface area (Å²) in [5.41, 5.74) is 0. The Labute approximate surface area is 133 Å². The summed E-state index contributed by atoms with van der Waals surface area (Å²) in [6.07, 6.45) is 0. The zero-order chi connectivity index (χ0) is 15.9. The molecule has 1 atom stereocenters. The van der Waals surface area contributed by atoms with Crippen molar-refractivity contribution < 1.29 is 9.59 Å². The Hall–Kier alpha value is -2.09. The molecular weight excluding hydrogens is 302 g/mol. The van der Waals surface area contributed by atoms with Gasteiger partial charge in [-0.3, -0.25) is 14.7 Å². The van der Waals surface area contributed by atoms with Crippen molar-refractivity contribution in [3.63, 3.8) is 0 Å². The van der Waals surface area contributed by atoms with Crippen molar-refractivity contribution >= 4 is 29.2 Å². The van der Waals surface area contributed by atoms with Crippen LogP contribution in [0.25, 0.3) is 0 Å². The van der Waals surface area contributed by atoms with Gasteiger partial charge >= 0.3 is 6.03 Å². The smallest absolute Gasteiger partial charge is 0.324 e. The molecule has 1 unspecified atom stereocenters. The van der Waals surface area contributed by atoms with Crippen molar-refractivity contribution in [1.82, 2.24) is 20.9 Å². The summed E-state index contributed by atoms with van der Waals surface area (Å²) < 4.78 is 0. The van der Waals surface area contributed by atoms with Gasteiger partial charge in [0.05, 0.1) is 25.7 Å². The zero-order valence-electron chi connectivity index (χ0n) is 12.8. The first-order chi connectivity index (χ1) is 10.6. The van der Waals surface area contributed by atoms with E-state index in [0.717, 1.165) is 6.54 Å². The molecule has 1 aromatic heterocycles. The fourth-order valence-electron chi connectivity index (χ4n) is 2.08. The van der Waals surface area contributed by atoms with Crippen LogP contribution in [0, 0.1) is 0 Å². The number of thiophene rings is 1. The fraction of sp³-hybridized carbons (Fsp3) is 0.500. The van der Waals surface area contributed by atoms with E-state index in [0.29, 0.717) is 12.5 Å². The number of aliphatic imine (C=N–C) groups is 1. The molecule has 1 aliphatic heterocycles. The monoisotopic (exact) mass is 323 g/mol. The summed E-state index contributed by atoms with van der Waals surface area (Å²) >= 11 is 1.68. The Kier molecular flexibility index (Phi) is 5.76. The first kappa shape index (κ1) is 16.3. The highest BCUT2D eigenvalue weighted by atomic mass is 32.1. The molecule has 2 rings (SSSR count). The van der Waals surface area contributed by atoms with E-state index in [1.165, 1.54) is 9.78 Å². The van der Waals surface area contributed by atoms with Crippen LogP contribution in [0.4, 0.5) is 4.79 Å². The average Bonchev–Trinajstić information content (AvgIpc) is 3.12. The largest absolute Gasteiger partial charge is 0.357 e. The Bertz CT molecular complexity index is 527. The van der Waals surface area contributed by atoms with Crippen molar-refractivity contribution in [2.45, 2.75) is 19.9 Å². The summed E-state index contributed by atoms with van der Waals surface area (Å²) in [4.78, 5) is 29.8. The van der Waals surface area contributed by atoms with Gasteiger partial charge in [-0.1, -0.05) is 6.07 Å². The maximum atomic E-state index is 11.5. The van der Waals surface area contributed by atoms with Crippen molar-refractivity contribution in [3.8, 4) is 0 Å². The van der Waals surface area contributed by atoms with Crippen LogP contribution in [0.2, 0.25) is 0 Å². The number of hydrogen-bond acceptors (Lipinski definition) is 4. The average molecular weight is 323 g/mol. The van der Waals surface area contributed by atoms with Crippen molar-refractivity contribution in [1.29, 1.82) is 0 Å². The second-order valence-electron chi connectivity index (χ2n) is 4.85. The van der Waals surface area contributed by atoms with Crippen LogP contribution >= 0.6 is 11.3 Å². The topological polar surface area (TPSA) is 85.8 Å². The number of guanidine groups is 1. The zero-order valence-corrected chi connectivity index (χ0v) is 13.6. The highest BCUT2D eigenvalue weighted by Gasteiger charge is 2.27. The minimum atomic E-state index is -0.342. The summed E-state index contributed by atoms with van der Waals surface area (Å²) in [6, 6.07) is 3.89. The van der Waals surface area contributed by atoms with Gasteiger partial charge in [-0.05, 0) is 25.3 Å². The third-order valence-corrected chi connectivity index (χ3v) is 4.25. The third-order valence-electron chi connectivity index (χ3n) is 3.20. The second-order valence-corrected chi connectivity index (χ2v) is 5.83. The van der Waals surface area contributed by atoms with Gasteiger partial charge in [0, 0.05) is 11.4 Å². The molecular formula is C14H21N5O2S. The highest BCUT2D eigenvalue weighted by Crippen LogP contribution is 2.17. The SMILES string of the molecule is CCNC(=NCCN1C(=O)CNC1=O)NC(C)c1cccs1. The van der Waals surface area contributed by atoms with E-state index < -0.39 is 0 Å². The minimum Gasteiger partial charge on any atom is -0.357 e. The maximum Gasteiger partial charge on any atom is 0.324 e. The van der Waals surface area contributed by atoms with E-state index >= 15 is 0 Å². The molecule has 0 spiro atoms. The molecule has 0 aromatic carbocycles. The van der Waals surface area contributed by atoms with Gasteiger partial charge in [0.2, 0.25) is 5.91 Å². The molecule has 8 heteroatoms. The van der Waals surface area contributed by atoms with E-state index in [1.807, 2.05) is 18.4 Å². The number of carbonyl (C=O) groups is 2. The van der Waals surface area contributed by atoms with E-state index in [-0.39, 0.29) is 31.1 Å². The van der Waals surface area contributed by atoms with Crippen molar-refractivity contribution in [2.75, 3.05) is 26.2 Å². The predicted octanol–water partition coefficient (Wildman–Crippen LogP) is 0.916. The number of amides is 3. The number of hydrogen-bond donors (Lipinski definition) is 3. The van der Waals surface area contributed by atoms with Gasteiger partial charge < -0.3 is 16.0 Å². The normalized spacial score (nSPS) is 16.6. The van der Waals surface area contributed by atoms with Gasteiger partial charge in [0.1, 0.15) is 0 Å². The molecule has 0 bridgehead atoms. The van der Waals surface area contributed by atoms with E-state index in [1.54, 1.807) is 11.3 Å². The number of nitrogens with zero attached hydrogens (tertiary/aromatic N) is 2. The number of imide groups is 1. The lowest BCUT2D eigenvalue weighted by Crippen LogP contribution is -2.39. The quantitative estimate of drug-likeness (QED) is 0.413. The van der Waals surface area contributed by atoms with E-state index in [4.69, 9.17) is 0 Å². The van der Waals surface area contributed by atoms with Crippen LogP contribution in [-0.2, 0) is 4.79 Å². The summed E-state index contributed by atoms with van der Waals surface area (Å²) in [7, 11) is 0. The molecule has 7 nitrogen and oxygen atoms in total. The molecule has 120 valence electrons. The molecule has 2 heterocycles. The lowest BCUT2D eigenvalue weighted by Gasteiger charge is -2.17. The van der Waals surface area contributed by atoms with E-state index in [9.17, 15) is 9.59 Å². The summed E-state index contributed by atoms with van der Waals surface area (Å²) in [5, 5.41) is 11.0. The third kappa shape index (κ3) is 4.20. The number of nitrogens with one attached hydrogen (secondary N) is 3. The first-order valence-corrected chi connectivity index (χ1v) is 8.16. The lowest BCUT2D eigenvalue weighted by molar-refractivity contribution is -0.124. The van der Waals surface area contributed by atoms with Crippen LogP contribution in [0.15, 0.2) is 22.5 Å². The van der Waals surface area contributed by atoms with Crippen molar-refractivity contribution in [3.05, 3.63) is 22.4 Å². The summed E-state index contributed by atoms with van der Waals surface area (Å²) in [6.45, 7) is 5.53. The number of urea groups is 1. The Balaban J connectivity index is 1.89. The van der Waals surface area contributed by atoms with Crippen LogP contribution < -0.4 is 16.0 Å². The molecule has 22 heavy (non-hydrogen) atoms. The van der Waals surface area contributed by atoms with Gasteiger partial charge in [-0.25, -0.2) is 4.79 Å². The molecule has 1 saturated heterocycles. The fourth-order valence-corrected chi connectivity index (χ4v) is 2.81. The highest BCUT2D eigenvalue weighted by molar-refractivity contribution is 7.10. The molecule has 1 aromatic rings. The lowest BCUT2D eigenvalue weighted by atomic mass is 10.3. The molecule has 0 saturated carbocycles. The molecule has 0 aliphatic carbocycles. The van der Waals surface area contributed by atoms with Gasteiger partial charge in [0.15, 0.2) is 5.96 Å². The first-order valence-electron chi connectivity index (χ1n) is 7.28. The van der Waals surface area contributed by atoms with Gasteiger partial charge in [-0.15, -0.1) is 11.3 Å². The van der Waals surface area contributed by atoms with Gasteiger partial charge in [-0.2, -0.15) is 0 Å². The van der Waals surface area contributed by atoms with Crippen LogP contribution in [0.1, 0.15) is 24.8 Å². The summed E-state index contributed by atoms with van der Waals surface area (Å²) in [5.74, 6) is 0.473. The van der Waals surface area contributed by atoms with E-state index in [2.05, 4.69) is 33.9 Å².